The van der Waals surface area contributed by atoms with Gasteiger partial charge < -0.3 is 20.7 Å². The highest BCUT2D eigenvalue weighted by Crippen LogP contribution is 2.32. The SMILES string of the molecule is COc1ccccc1N1CC(C(=O)NCC(F)(F)CN)CC1=O.Cl. The molecule has 2 rings (SSSR count). The molecule has 1 aromatic carbocycles. The Labute approximate surface area is 144 Å². The van der Waals surface area contributed by atoms with Crippen LogP contribution in [0.2, 0.25) is 0 Å². The number of methoxy groups -OCH3 is 1. The third kappa shape index (κ3) is 4.55. The maximum Gasteiger partial charge on any atom is 0.277 e. The maximum absolute atomic E-state index is 13.1. The van der Waals surface area contributed by atoms with Crippen LogP contribution < -0.4 is 20.7 Å². The van der Waals surface area contributed by atoms with Crippen molar-refractivity contribution >= 4 is 29.9 Å². The van der Waals surface area contributed by atoms with Crippen LogP contribution in [0.3, 0.4) is 0 Å². The van der Waals surface area contributed by atoms with Gasteiger partial charge in [-0.05, 0) is 12.1 Å². The molecule has 24 heavy (non-hydrogen) atoms. The number of amides is 2. The maximum atomic E-state index is 13.1. The van der Waals surface area contributed by atoms with Gasteiger partial charge in [0.25, 0.3) is 5.92 Å². The first-order valence-corrected chi connectivity index (χ1v) is 7.17. The van der Waals surface area contributed by atoms with E-state index in [2.05, 4.69) is 5.32 Å². The van der Waals surface area contributed by atoms with E-state index in [0.717, 1.165) is 0 Å². The zero-order chi connectivity index (χ0) is 17.0. The number of nitrogens with one attached hydrogen (secondary N) is 1. The number of para-hydroxylation sites is 2. The van der Waals surface area contributed by atoms with Crippen molar-refractivity contribution in [1.82, 2.24) is 5.32 Å². The summed E-state index contributed by atoms with van der Waals surface area (Å²) in [6.45, 7) is -1.55. The van der Waals surface area contributed by atoms with Crippen LogP contribution in [0, 0.1) is 5.92 Å². The average molecular weight is 364 g/mol. The molecule has 0 spiro atoms. The van der Waals surface area contributed by atoms with E-state index in [1.54, 1.807) is 24.3 Å². The number of carbonyl (C=O) groups is 2. The molecule has 1 unspecified atom stereocenters. The van der Waals surface area contributed by atoms with Crippen LogP contribution >= 0.6 is 12.4 Å². The molecule has 1 fully saturated rings. The summed E-state index contributed by atoms with van der Waals surface area (Å²) in [6.07, 6.45) is -0.0297. The molecule has 6 nitrogen and oxygen atoms in total. The van der Waals surface area contributed by atoms with Crippen LogP contribution in [0.4, 0.5) is 14.5 Å². The summed E-state index contributed by atoms with van der Waals surface area (Å²) in [4.78, 5) is 25.6. The van der Waals surface area contributed by atoms with Crippen LogP contribution in [-0.4, -0.2) is 44.5 Å². The fourth-order valence-electron chi connectivity index (χ4n) is 2.40. The second-order valence-corrected chi connectivity index (χ2v) is 5.36. The summed E-state index contributed by atoms with van der Waals surface area (Å²) in [5.41, 5.74) is 5.48. The lowest BCUT2D eigenvalue weighted by Gasteiger charge is -2.20. The van der Waals surface area contributed by atoms with Crippen molar-refractivity contribution in [1.29, 1.82) is 0 Å². The number of carbonyl (C=O) groups excluding carboxylic acids is 2. The number of hydrogen-bond donors (Lipinski definition) is 2. The zero-order valence-electron chi connectivity index (χ0n) is 13.1. The smallest absolute Gasteiger partial charge is 0.277 e. The molecule has 3 N–H and O–H groups in total. The fraction of sp³-hybridized carbons (Fsp3) is 0.467. The molecule has 1 aliphatic rings. The number of hydrogen-bond acceptors (Lipinski definition) is 4. The first-order valence-electron chi connectivity index (χ1n) is 7.17. The topological polar surface area (TPSA) is 84.7 Å². The van der Waals surface area contributed by atoms with E-state index in [-0.39, 0.29) is 31.3 Å². The van der Waals surface area contributed by atoms with Gasteiger partial charge in [-0.3, -0.25) is 9.59 Å². The Morgan fingerprint density at radius 3 is 2.75 bits per heavy atom. The summed E-state index contributed by atoms with van der Waals surface area (Å²) in [7, 11) is 1.48. The van der Waals surface area contributed by atoms with Gasteiger partial charge in [0, 0.05) is 13.0 Å². The largest absolute Gasteiger partial charge is 0.495 e. The van der Waals surface area contributed by atoms with Crippen LogP contribution in [0.1, 0.15) is 6.42 Å². The number of ether oxygens (including phenoxy) is 1. The van der Waals surface area contributed by atoms with E-state index >= 15 is 0 Å². The Morgan fingerprint density at radius 2 is 2.12 bits per heavy atom. The highest BCUT2D eigenvalue weighted by Gasteiger charge is 2.37. The third-order valence-electron chi connectivity index (χ3n) is 3.69. The Hall–Kier alpha value is -1.93. The van der Waals surface area contributed by atoms with E-state index in [0.29, 0.717) is 11.4 Å². The fourth-order valence-corrected chi connectivity index (χ4v) is 2.40. The molecule has 1 aromatic rings. The number of anilines is 1. The van der Waals surface area contributed by atoms with Crippen molar-refractivity contribution in [2.24, 2.45) is 11.7 Å². The monoisotopic (exact) mass is 363 g/mol. The van der Waals surface area contributed by atoms with Gasteiger partial charge in [-0.1, -0.05) is 12.1 Å². The summed E-state index contributed by atoms with van der Waals surface area (Å²) in [6, 6.07) is 6.93. The van der Waals surface area contributed by atoms with Crippen molar-refractivity contribution in [2.75, 3.05) is 31.6 Å². The van der Waals surface area contributed by atoms with E-state index in [9.17, 15) is 18.4 Å². The Kier molecular flexibility index (Phi) is 6.92. The number of rotatable bonds is 6. The standard InChI is InChI=1S/C15H19F2N3O3.ClH/c1-23-12-5-3-2-4-11(12)20-7-10(6-13(20)21)14(22)19-9-15(16,17)8-18;/h2-5,10H,6-9,18H2,1H3,(H,19,22);1H. The molecule has 9 heteroatoms. The summed E-state index contributed by atoms with van der Waals surface area (Å²) < 4.78 is 31.4. The zero-order valence-corrected chi connectivity index (χ0v) is 13.9. The molecule has 0 aliphatic carbocycles. The molecular formula is C15H20ClF2N3O3. The molecule has 1 heterocycles. The molecule has 0 radical (unpaired) electrons. The highest BCUT2D eigenvalue weighted by atomic mass is 35.5. The molecule has 0 aromatic heterocycles. The van der Waals surface area contributed by atoms with Crippen LogP contribution in [0.25, 0.3) is 0 Å². The molecule has 0 saturated carbocycles. The predicted molar refractivity (Wildman–Crippen MR) is 87.7 cm³/mol. The van der Waals surface area contributed by atoms with Crippen molar-refractivity contribution in [3.05, 3.63) is 24.3 Å². The lowest BCUT2D eigenvalue weighted by molar-refractivity contribution is -0.127. The lowest BCUT2D eigenvalue weighted by atomic mass is 10.1. The number of nitrogens with zero attached hydrogens (tertiary/aromatic N) is 1. The van der Waals surface area contributed by atoms with Gasteiger partial charge in [-0.15, -0.1) is 12.4 Å². The van der Waals surface area contributed by atoms with Gasteiger partial charge in [0.05, 0.1) is 31.8 Å². The van der Waals surface area contributed by atoms with Crippen molar-refractivity contribution < 1.29 is 23.1 Å². The van der Waals surface area contributed by atoms with Crippen LogP contribution in [0.15, 0.2) is 24.3 Å². The molecule has 1 atom stereocenters. The van der Waals surface area contributed by atoms with Crippen LogP contribution in [-0.2, 0) is 9.59 Å². The van der Waals surface area contributed by atoms with Gasteiger partial charge in [-0.2, -0.15) is 0 Å². The lowest BCUT2D eigenvalue weighted by Crippen LogP contribution is -2.44. The number of halogens is 3. The van der Waals surface area contributed by atoms with Gasteiger partial charge >= 0.3 is 0 Å². The van der Waals surface area contributed by atoms with Crippen LogP contribution in [0.5, 0.6) is 5.75 Å². The Balaban J connectivity index is 0.00000288. The first kappa shape index (κ1) is 20.1. The first-order chi connectivity index (χ1) is 10.9. The Morgan fingerprint density at radius 1 is 1.46 bits per heavy atom. The quantitative estimate of drug-likeness (QED) is 0.795. The number of nitrogens with two attached hydrogens (primary N) is 1. The summed E-state index contributed by atoms with van der Waals surface area (Å²) >= 11 is 0. The minimum Gasteiger partial charge on any atom is -0.495 e. The highest BCUT2D eigenvalue weighted by molar-refractivity contribution is 6.01. The average Bonchev–Trinajstić information content (AvgIpc) is 2.94. The van der Waals surface area contributed by atoms with E-state index in [1.807, 2.05) is 0 Å². The molecule has 2 amide bonds. The minimum absolute atomic E-state index is 0. The van der Waals surface area contributed by atoms with Crippen molar-refractivity contribution in [2.45, 2.75) is 12.3 Å². The molecule has 1 aliphatic heterocycles. The molecule has 1 saturated heterocycles. The van der Waals surface area contributed by atoms with Crippen molar-refractivity contribution in [3.8, 4) is 5.75 Å². The third-order valence-corrected chi connectivity index (χ3v) is 3.69. The van der Waals surface area contributed by atoms with Gasteiger partial charge in [0.15, 0.2) is 0 Å². The molecule has 134 valence electrons. The van der Waals surface area contributed by atoms with E-state index in [1.165, 1.54) is 12.0 Å². The summed E-state index contributed by atoms with van der Waals surface area (Å²) in [5, 5.41) is 2.16. The minimum atomic E-state index is -3.15. The Bertz CT molecular complexity index is 601. The number of benzene rings is 1. The molecular weight excluding hydrogens is 344 g/mol. The van der Waals surface area contributed by atoms with E-state index in [4.69, 9.17) is 10.5 Å². The second-order valence-electron chi connectivity index (χ2n) is 5.36. The summed E-state index contributed by atoms with van der Waals surface area (Å²) in [5.74, 6) is -4.15. The van der Waals surface area contributed by atoms with Crippen molar-refractivity contribution in [3.63, 3.8) is 0 Å². The van der Waals surface area contributed by atoms with Gasteiger partial charge in [0.1, 0.15) is 5.75 Å². The second kappa shape index (κ2) is 8.25. The van der Waals surface area contributed by atoms with Gasteiger partial charge in [-0.25, -0.2) is 8.78 Å². The number of alkyl halides is 2. The molecule has 0 bridgehead atoms. The van der Waals surface area contributed by atoms with Gasteiger partial charge in [0.2, 0.25) is 11.8 Å². The normalized spacial score (nSPS) is 17.4. The van der Waals surface area contributed by atoms with E-state index < -0.39 is 30.8 Å². The predicted octanol–water partition coefficient (Wildman–Crippen LogP) is 1.18.